The SMILES string of the molecule is COc1ccc(N(CC(=O)N(Cc2ccccc2C)C(Cc2ccccc2)C(=O)NC2CCCCC2)S(C)(=O)=O)cc1OC. The molecule has 0 saturated heterocycles. The average Bonchev–Trinajstić information content (AvgIpc) is 3.02. The van der Waals surface area contributed by atoms with E-state index >= 15 is 0 Å². The zero-order valence-electron chi connectivity index (χ0n) is 26.0. The fourth-order valence-electron chi connectivity index (χ4n) is 5.66. The third kappa shape index (κ3) is 8.53. The van der Waals surface area contributed by atoms with E-state index in [4.69, 9.17) is 9.47 Å². The smallest absolute Gasteiger partial charge is 0.244 e. The van der Waals surface area contributed by atoms with Crippen LogP contribution >= 0.6 is 0 Å². The molecule has 1 atom stereocenters. The van der Waals surface area contributed by atoms with E-state index in [-0.39, 0.29) is 30.6 Å². The monoisotopic (exact) mass is 621 g/mol. The summed E-state index contributed by atoms with van der Waals surface area (Å²) >= 11 is 0. The third-order valence-electron chi connectivity index (χ3n) is 8.16. The van der Waals surface area contributed by atoms with Crippen LogP contribution in [0.5, 0.6) is 11.5 Å². The molecule has 10 heteroatoms. The summed E-state index contributed by atoms with van der Waals surface area (Å²) < 4.78 is 38.0. The van der Waals surface area contributed by atoms with Crippen molar-refractivity contribution < 1.29 is 27.5 Å². The molecule has 0 radical (unpaired) electrons. The Balaban J connectivity index is 1.74. The van der Waals surface area contributed by atoms with E-state index in [0.717, 1.165) is 59.4 Å². The number of nitrogens with one attached hydrogen (secondary N) is 1. The summed E-state index contributed by atoms with van der Waals surface area (Å²) in [4.78, 5) is 30.0. The molecule has 0 aliphatic heterocycles. The largest absolute Gasteiger partial charge is 0.493 e. The number of aryl methyl sites for hydroxylation is 1. The van der Waals surface area contributed by atoms with Crippen LogP contribution in [0.15, 0.2) is 72.8 Å². The van der Waals surface area contributed by atoms with Crippen LogP contribution in [0.2, 0.25) is 0 Å². The molecular formula is C34H43N3O6S. The number of hydrogen-bond acceptors (Lipinski definition) is 6. The minimum atomic E-state index is -3.91. The predicted octanol–water partition coefficient (Wildman–Crippen LogP) is 4.87. The van der Waals surface area contributed by atoms with Crippen molar-refractivity contribution >= 4 is 27.5 Å². The molecule has 2 amide bonds. The number of ether oxygens (including phenoxy) is 2. The van der Waals surface area contributed by atoms with Crippen LogP contribution < -0.4 is 19.1 Å². The molecule has 3 aromatic carbocycles. The number of anilines is 1. The van der Waals surface area contributed by atoms with Crippen molar-refractivity contribution in [2.75, 3.05) is 31.3 Å². The summed E-state index contributed by atoms with van der Waals surface area (Å²) in [5.74, 6) is 0.0316. The third-order valence-corrected chi connectivity index (χ3v) is 9.30. The lowest BCUT2D eigenvalue weighted by Crippen LogP contribution is -2.55. The zero-order valence-corrected chi connectivity index (χ0v) is 26.8. The van der Waals surface area contributed by atoms with Crippen molar-refractivity contribution in [3.8, 4) is 11.5 Å². The van der Waals surface area contributed by atoms with Crippen molar-refractivity contribution in [3.05, 3.63) is 89.5 Å². The average molecular weight is 622 g/mol. The summed E-state index contributed by atoms with van der Waals surface area (Å²) in [7, 11) is -0.962. The first-order valence-electron chi connectivity index (χ1n) is 15.0. The van der Waals surface area contributed by atoms with Crippen LogP contribution in [-0.2, 0) is 32.6 Å². The molecule has 0 aromatic heterocycles. The first-order valence-corrected chi connectivity index (χ1v) is 16.8. The first-order chi connectivity index (χ1) is 21.1. The van der Waals surface area contributed by atoms with Crippen LogP contribution in [0.3, 0.4) is 0 Å². The van der Waals surface area contributed by atoms with Gasteiger partial charge in [-0.15, -0.1) is 0 Å². The van der Waals surface area contributed by atoms with Crippen molar-refractivity contribution in [1.82, 2.24) is 10.2 Å². The number of benzene rings is 3. The van der Waals surface area contributed by atoms with Crippen LogP contribution in [0.25, 0.3) is 0 Å². The maximum absolute atomic E-state index is 14.4. The molecule has 1 aliphatic rings. The number of methoxy groups -OCH3 is 2. The van der Waals surface area contributed by atoms with E-state index in [1.54, 1.807) is 12.1 Å². The zero-order chi connectivity index (χ0) is 31.7. The number of amides is 2. The van der Waals surface area contributed by atoms with E-state index in [9.17, 15) is 18.0 Å². The maximum Gasteiger partial charge on any atom is 0.244 e. The highest BCUT2D eigenvalue weighted by atomic mass is 32.2. The molecule has 1 saturated carbocycles. The molecule has 44 heavy (non-hydrogen) atoms. The number of sulfonamides is 1. The fraction of sp³-hybridized carbons (Fsp3) is 0.412. The Kier molecular flexibility index (Phi) is 11.3. The molecule has 0 spiro atoms. The number of carbonyl (C=O) groups is 2. The second kappa shape index (κ2) is 15.1. The van der Waals surface area contributed by atoms with Crippen LogP contribution in [0, 0.1) is 6.92 Å². The van der Waals surface area contributed by atoms with E-state index < -0.39 is 28.5 Å². The second-order valence-electron chi connectivity index (χ2n) is 11.3. The van der Waals surface area contributed by atoms with Gasteiger partial charge in [0.15, 0.2) is 11.5 Å². The van der Waals surface area contributed by atoms with Gasteiger partial charge in [0.1, 0.15) is 12.6 Å². The fourth-order valence-corrected chi connectivity index (χ4v) is 6.50. The lowest BCUT2D eigenvalue weighted by atomic mass is 9.94. The van der Waals surface area contributed by atoms with Crippen LogP contribution in [-0.4, -0.2) is 64.2 Å². The summed E-state index contributed by atoms with van der Waals surface area (Å²) in [6.45, 7) is 1.60. The van der Waals surface area contributed by atoms with Crippen molar-refractivity contribution in [2.24, 2.45) is 0 Å². The highest BCUT2D eigenvalue weighted by Crippen LogP contribution is 2.32. The molecule has 1 unspecified atom stereocenters. The standard InChI is InChI=1S/C34H43N3O6S/c1-25-13-11-12-16-27(25)23-36(30(21-26-14-7-5-8-15-26)34(39)35-28-17-9-6-10-18-28)33(38)24-37(44(4,40)41)29-19-20-31(42-2)32(22-29)43-3/h5,7-8,11-16,19-20,22,28,30H,6,9-10,17-18,21,23-24H2,1-4H3,(H,35,39). The topological polar surface area (TPSA) is 105 Å². The molecule has 236 valence electrons. The van der Waals surface area contributed by atoms with Gasteiger partial charge in [0, 0.05) is 25.1 Å². The minimum absolute atomic E-state index is 0.0456. The maximum atomic E-state index is 14.4. The van der Waals surface area contributed by atoms with Gasteiger partial charge in [0.05, 0.1) is 26.2 Å². The van der Waals surface area contributed by atoms with E-state index in [1.807, 2.05) is 61.5 Å². The van der Waals surface area contributed by atoms with Gasteiger partial charge in [-0.05, 0) is 48.6 Å². The highest BCUT2D eigenvalue weighted by molar-refractivity contribution is 7.92. The van der Waals surface area contributed by atoms with Crippen LogP contribution in [0.4, 0.5) is 5.69 Å². The lowest BCUT2D eigenvalue weighted by Gasteiger charge is -2.35. The van der Waals surface area contributed by atoms with Gasteiger partial charge in [0.2, 0.25) is 21.8 Å². The van der Waals surface area contributed by atoms with Gasteiger partial charge in [-0.2, -0.15) is 0 Å². The number of rotatable bonds is 13. The van der Waals surface area contributed by atoms with Gasteiger partial charge in [-0.1, -0.05) is 73.9 Å². The second-order valence-corrected chi connectivity index (χ2v) is 13.2. The number of hydrogen-bond donors (Lipinski definition) is 1. The Labute approximate surface area is 261 Å². The Morgan fingerprint density at radius 2 is 1.57 bits per heavy atom. The molecule has 3 aromatic rings. The van der Waals surface area contributed by atoms with Gasteiger partial charge >= 0.3 is 0 Å². The Bertz CT molecular complexity index is 1520. The summed E-state index contributed by atoms with van der Waals surface area (Å²) in [5.41, 5.74) is 3.00. The van der Waals surface area contributed by atoms with Gasteiger partial charge in [-0.25, -0.2) is 8.42 Å². The molecular weight excluding hydrogens is 578 g/mol. The molecule has 9 nitrogen and oxygen atoms in total. The van der Waals surface area contributed by atoms with Crippen molar-refractivity contribution in [2.45, 2.75) is 64.1 Å². The summed E-state index contributed by atoms with van der Waals surface area (Å²) in [6.07, 6.45) is 6.39. The Hall–Kier alpha value is -4.05. The molecule has 0 heterocycles. The van der Waals surface area contributed by atoms with E-state index in [0.29, 0.717) is 11.5 Å². The van der Waals surface area contributed by atoms with E-state index in [1.165, 1.54) is 25.2 Å². The summed E-state index contributed by atoms with van der Waals surface area (Å²) in [5, 5.41) is 3.22. The Morgan fingerprint density at radius 3 is 2.20 bits per heavy atom. The van der Waals surface area contributed by atoms with Gasteiger partial charge in [-0.3, -0.25) is 13.9 Å². The first kappa shape index (κ1) is 32.9. The predicted molar refractivity (Wildman–Crippen MR) is 172 cm³/mol. The van der Waals surface area contributed by atoms with Crippen LogP contribution in [0.1, 0.15) is 48.8 Å². The van der Waals surface area contributed by atoms with Gasteiger partial charge in [0.25, 0.3) is 0 Å². The normalized spacial score (nSPS) is 14.4. The highest BCUT2D eigenvalue weighted by Gasteiger charge is 2.34. The molecule has 4 rings (SSSR count). The molecule has 1 aliphatic carbocycles. The minimum Gasteiger partial charge on any atom is -0.493 e. The lowest BCUT2D eigenvalue weighted by molar-refractivity contribution is -0.140. The quantitative estimate of drug-likeness (QED) is 0.292. The number of nitrogens with zero attached hydrogens (tertiary/aromatic N) is 2. The van der Waals surface area contributed by atoms with Crippen molar-refractivity contribution in [1.29, 1.82) is 0 Å². The summed E-state index contributed by atoms with van der Waals surface area (Å²) in [6, 6.07) is 21.2. The molecule has 1 fully saturated rings. The number of carbonyl (C=O) groups excluding carboxylic acids is 2. The van der Waals surface area contributed by atoms with E-state index in [2.05, 4.69) is 5.32 Å². The Morgan fingerprint density at radius 1 is 0.909 bits per heavy atom. The molecule has 1 N–H and O–H groups in total. The van der Waals surface area contributed by atoms with Gasteiger partial charge < -0.3 is 19.7 Å². The molecule has 0 bridgehead atoms. The van der Waals surface area contributed by atoms with Crippen molar-refractivity contribution in [3.63, 3.8) is 0 Å².